The quantitative estimate of drug-likeness (QED) is 0.843. The number of nitrogens with one attached hydrogen (secondary N) is 1. The molecule has 1 heterocycles. The summed E-state index contributed by atoms with van der Waals surface area (Å²) >= 11 is 1.83. The third-order valence-electron chi connectivity index (χ3n) is 5.55. The highest BCUT2D eigenvalue weighted by Crippen LogP contribution is 2.47. The molecule has 1 aromatic rings. The molecule has 1 N–H and O–H groups in total. The van der Waals surface area contributed by atoms with E-state index in [4.69, 9.17) is 0 Å². The molecule has 1 aliphatic carbocycles. The first-order chi connectivity index (χ1) is 9.86. The summed E-state index contributed by atoms with van der Waals surface area (Å²) in [5, 5.41) is 3.46. The van der Waals surface area contributed by atoms with Crippen molar-refractivity contribution in [3.05, 3.63) is 16.1 Å². The van der Waals surface area contributed by atoms with Crippen molar-refractivity contribution in [1.29, 1.82) is 0 Å². The summed E-state index contributed by atoms with van der Waals surface area (Å²) in [6.45, 7) is 10.5. The average Bonchev–Trinajstić information content (AvgIpc) is 2.82. The van der Waals surface area contributed by atoms with Crippen molar-refractivity contribution < 1.29 is 0 Å². The predicted octanol–water partition coefficient (Wildman–Crippen LogP) is 4.83. The lowest BCUT2D eigenvalue weighted by atomic mass is 9.62. The van der Waals surface area contributed by atoms with Crippen LogP contribution in [-0.2, 0) is 6.42 Å². The Kier molecular flexibility index (Phi) is 5.48. The lowest BCUT2D eigenvalue weighted by molar-refractivity contribution is 0.0815. The fourth-order valence-corrected chi connectivity index (χ4v) is 4.71. The summed E-state index contributed by atoms with van der Waals surface area (Å²) in [6.07, 6.45) is 8.08. The van der Waals surface area contributed by atoms with Gasteiger partial charge in [0.1, 0.15) is 0 Å². The Balaban J connectivity index is 1.97. The third kappa shape index (κ3) is 4.29. The van der Waals surface area contributed by atoms with E-state index >= 15 is 0 Å². The topological polar surface area (TPSA) is 24.9 Å². The molecule has 0 radical (unpaired) electrons. The van der Waals surface area contributed by atoms with Crippen LogP contribution in [0.4, 0.5) is 0 Å². The molecule has 2 rings (SSSR count). The van der Waals surface area contributed by atoms with E-state index in [9.17, 15) is 0 Å². The number of nitrogens with zero attached hydrogens (tertiary/aromatic N) is 1. The van der Waals surface area contributed by atoms with Crippen LogP contribution in [0.3, 0.4) is 0 Å². The Morgan fingerprint density at radius 3 is 2.48 bits per heavy atom. The van der Waals surface area contributed by atoms with Gasteiger partial charge in [0, 0.05) is 11.4 Å². The molecule has 0 bridgehead atoms. The maximum absolute atomic E-state index is 4.40. The van der Waals surface area contributed by atoms with E-state index < -0.39 is 0 Å². The van der Waals surface area contributed by atoms with Gasteiger partial charge in [-0.05, 0) is 69.2 Å². The van der Waals surface area contributed by atoms with E-state index in [-0.39, 0.29) is 0 Å². The zero-order valence-corrected chi connectivity index (χ0v) is 15.3. The Hall–Kier alpha value is -0.410. The summed E-state index contributed by atoms with van der Waals surface area (Å²) in [5.74, 6) is 0.896. The number of hydrogen-bond acceptors (Lipinski definition) is 3. The van der Waals surface area contributed by atoms with Crippen molar-refractivity contribution >= 4 is 11.3 Å². The minimum atomic E-state index is 0.472. The molecule has 2 nitrogen and oxygen atoms in total. The minimum absolute atomic E-state index is 0.472. The first kappa shape index (κ1) is 17.0. The fraction of sp³-hybridized carbons (Fsp3) is 0.833. The molecule has 1 saturated carbocycles. The largest absolute Gasteiger partial charge is 0.319 e. The van der Waals surface area contributed by atoms with Gasteiger partial charge in [0.05, 0.1) is 11.2 Å². The highest BCUT2D eigenvalue weighted by atomic mass is 32.1. The van der Waals surface area contributed by atoms with Gasteiger partial charge in [-0.1, -0.05) is 20.8 Å². The van der Waals surface area contributed by atoms with E-state index in [1.807, 2.05) is 16.8 Å². The van der Waals surface area contributed by atoms with E-state index in [1.54, 1.807) is 0 Å². The monoisotopic (exact) mass is 308 g/mol. The zero-order valence-electron chi connectivity index (χ0n) is 14.5. The van der Waals surface area contributed by atoms with Crippen molar-refractivity contribution in [2.75, 3.05) is 13.6 Å². The first-order valence-corrected chi connectivity index (χ1v) is 9.28. The third-order valence-corrected chi connectivity index (χ3v) is 6.54. The molecule has 0 unspecified atom stereocenters. The molecule has 1 aromatic heterocycles. The van der Waals surface area contributed by atoms with Gasteiger partial charge in [-0.25, -0.2) is 4.98 Å². The standard InChI is InChI=1S/C18H32N2S/c1-14-16(21-13-20-14)8-11-18(12-19-5)9-6-15(7-10-18)17(2,3)4/h13,15,19H,6-12H2,1-5H3. The highest BCUT2D eigenvalue weighted by Gasteiger charge is 2.38. The molecule has 0 amide bonds. The zero-order chi connectivity index (χ0) is 15.5. The van der Waals surface area contributed by atoms with Crippen LogP contribution in [0.2, 0.25) is 0 Å². The SMILES string of the molecule is CNCC1(CCc2scnc2C)CCC(C(C)(C)C)CC1. The second kappa shape index (κ2) is 6.78. The molecule has 0 spiro atoms. The summed E-state index contributed by atoms with van der Waals surface area (Å²) in [5.41, 5.74) is 4.21. The summed E-state index contributed by atoms with van der Waals surface area (Å²) in [6, 6.07) is 0. The molecule has 0 saturated heterocycles. The van der Waals surface area contributed by atoms with Gasteiger partial charge in [-0.2, -0.15) is 0 Å². The van der Waals surface area contributed by atoms with Crippen LogP contribution in [-0.4, -0.2) is 18.6 Å². The van der Waals surface area contributed by atoms with Gasteiger partial charge in [0.25, 0.3) is 0 Å². The lowest BCUT2D eigenvalue weighted by Crippen LogP contribution is -2.39. The number of thiazole rings is 1. The Labute approximate surface area is 134 Å². The molecule has 21 heavy (non-hydrogen) atoms. The van der Waals surface area contributed by atoms with Crippen molar-refractivity contribution in [3.63, 3.8) is 0 Å². The van der Waals surface area contributed by atoms with Gasteiger partial charge in [0.15, 0.2) is 0 Å². The number of aromatic nitrogens is 1. The molecular weight excluding hydrogens is 276 g/mol. The lowest BCUT2D eigenvalue weighted by Gasteiger charge is -2.44. The van der Waals surface area contributed by atoms with E-state index in [2.05, 4.69) is 45.0 Å². The Morgan fingerprint density at radius 1 is 1.33 bits per heavy atom. The van der Waals surface area contributed by atoms with Gasteiger partial charge in [0.2, 0.25) is 0 Å². The minimum Gasteiger partial charge on any atom is -0.319 e. The number of rotatable bonds is 5. The van der Waals surface area contributed by atoms with Crippen LogP contribution >= 0.6 is 11.3 Å². The Bertz CT molecular complexity index is 436. The van der Waals surface area contributed by atoms with Crippen LogP contribution in [0.25, 0.3) is 0 Å². The number of aryl methyl sites for hydroxylation is 2. The maximum atomic E-state index is 4.40. The van der Waals surface area contributed by atoms with Crippen molar-refractivity contribution in [2.24, 2.45) is 16.7 Å². The van der Waals surface area contributed by atoms with E-state index in [0.29, 0.717) is 10.8 Å². The highest BCUT2D eigenvalue weighted by molar-refractivity contribution is 7.09. The van der Waals surface area contributed by atoms with Gasteiger partial charge < -0.3 is 5.32 Å². The van der Waals surface area contributed by atoms with Crippen LogP contribution in [0.15, 0.2) is 5.51 Å². The molecule has 0 atom stereocenters. The summed E-state index contributed by atoms with van der Waals surface area (Å²) in [7, 11) is 2.11. The average molecular weight is 309 g/mol. The molecule has 120 valence electrons. The summed E-state index contributed by atoms with van der Waals surface area (Å²) < 4.78 is 0. The number of hydrogen-bond donors (Lipinski definition) is 1. The van der Waals surface area contributed by atoms with Gasteiger partial charge in [-0.3, -0.25) is 0 Å². The normalized spacial score (nSPS) is 27.0. The van der Waals surface area contributed by atoms with E-state index in [1.165, 1.54) is 55.6 Å². The van der Waals surface area contributed by atoms with Crippen LogP contribution in [0, 0.1) is 23.7 Å². The van der Waals surface area contributed by atoms with Crippen molar-refractivity contribution in [3.8, 4) is 0 Å². The smallest absolute Gasteiger partial charge is 0.0797 e. The van der Waals surface area contributed by atoms with E-state index in [0.717, 1.165) is 5.92 Å². The van der Waals surface area contributed by atoms with Crippen molar-refractivity contribution in [2.45, 2.75) is 66.2 Å². The van der Waals surface area contributed by atoms with Crippen LogP contribution in [0.1, 0.15) is 63.4 Å². The molecule has 1 aliphatic rings. The second-order valence-electron chi connectivity index (χ2n) is 8.03. The van der Waals surface area contributed by atoms with Crippen molar-refractivity contribution in [1.82, 2.24) is 10.3 Å². The van der Waals surface area contributed by atoms with Crippen LogP contribution < -0.4 is 5.32 Å². The Morgan fingerprint density at radius 2 is 2.00 bits per heavy atom. The predicted molar refractivity (Wildman–Crippen MR) is 92.9 cm³/mol. The van der Waals surface area contributed by atoms with Gasteiger partial charge >= 0.3 is 0 Å². The van der Waals surface area contributed by atoms with Crippen LogP contribution in [0.5, 0.6) is 0 Å². The first-order valence-electron chi connectivity index (χ1n) is 8.40. The molecule has 0 aliphatic heterocycles. The molecule has 3 heteroatoms. The maximum Gasteiger partial charge on any atom is 0.0797 e. The fourth-order valence-electron chi connectivity index (χ4n) is 3.93. The summed E-state index contributed by atoms with van der Waals surface area (Å²) in [4.78, 5) is 5.89. The van der Waals surface area contributed by atoms with Gasteiger partial charge in [-0.15, -0.1) is 11.3 Å². The second-order valence-corrected chi connectivity index (χ2v) is 8.97. The molecule has 1 fully saturated rings. The molecular formula is C18H32N2S. The molecule has 0 aromatic carbocycles.